The minimum absolute atomic E-state index is 0.0295. The highest BCUT2D eigenvalue weighted by atomic mass is 16.5. The van der Waals surface area contributed by atoms with Crippen LogP contribution in [0.2, 0.25) is 0 Å². The summed E-state index contributed by atoms with van der Waals surface area (Å²) in [5, 5.41) is 0. The maximum absolute atomic E-state index is 5.98. The van der Waals surface area contributed by atoms with Gasteiger partial charge in [0.15, 0.2) is 0 Å². The molecule has 2 rings (SSSR count). The lowest BCUT2D eigenvalue weighted by atomic mass is 9.85. The van der Waals surface area contributed by atoms with Gasteiger partial charge in [0.25, 0.3) is 0 Å². The van der Waals surface area contributed by atoms with Crippen LogP contribution in [0.25, 0.3) is 0 Å². The van der Waals surface area contributed by atoms with E-state index in [-0.39, 0.29) is 5.41 Å². The van der Waals surface area contributed by atoms with E-state index in [1.54, 1.807) is 7.11 Å². The van der Waals surface area contributed by atoms with Crippen molar-refractivity contribution in [2.75, 3.05) is 20.3 Å². The molecule has 25 heavy (non-hydrogen) atoms. The maximum Gasteiger partial charge on any atom is 0.127 e. The van der Waals surface area contributed by atoms with E-state index in [1.807, 2.05) is 24.3 Å². The van der Waals surface area contributed by atoms with Crippen molar-refractivity contribution in [3.63, 3.8) is 0 Å². The van der Waals surface area contributed by atoms with E-state index in [2.05, 4.69) is 39.8 Å². The van der Waals surface area contributed by atoms with E-state index in [1.165, 1.54) is 11.1 Å². The molecule has 0 saturated heterocycles. The summed E-state index contributed by atoms with van der Waals surface area (Å²) in [6.45, 7) is 10.00. The predicted octanol–water partition coefficient (Wildman–Crippen LogP) is 4.22. The Kier molecular flexibility index (Phi) is 6.32. The van der Waals surface area contributed by atoms with Crippen molar-refractivity contribution in [3.8, 4) is 17.2 Å². The molecule has 4 nitrogen and oxygen atoms in total. The molecule has 136 valence electrons. The molecule has 0 aliphatic heterocycles. The van der Waals surface area contributed by atoms with E-state index in [0.29, 0.717) is 19.8 Å². The molecule has 0 aliphatic rings. The minimum Gasteiger partial charge on any atom is -0.497 e. The number of aryl methyl sites for hydroxylation is 1. The van der Waals surface area contributed by atoms with Gasteiger partial charge in [-0.3, -0.25) is 0 Å². The molecule has 2 N–H and O–H groups in total. The van der Waals surface area contributed by atoms with Gasteiger partial charge in [-0.05, 0) is 30.0 Å². The number of methoxy groups -OCH3 is 1. The normalized spacial score (nSPS) is 11.3. The van der Waals surface area contributed by atoms with Crippen LogP contribution in [0.15, 0.2) is 36.4 Å². The van der Waals surface area contributed by atoms with Gasteiger partial charge in [0, 0.05) is 18.2 Å². The molecule has 0 bridgehead atoms. The zero-order chi connectivity index (χ0) is 18.4. The summed E-state index contributed by atoms with van der Waals surface area (Å²) in [6.07, 6.45) is 0. The van der Waals surface area contributed by atoms with Crippen LogP contribution in [-0.4, -0.2) is 20.3 Å². The first kappa shape index (κ1) is 19.1. The Balaban J connectivity index is 2.01. The van der Waals surface area contributed by atoms with Gasteiger partial charge in [-0.1, -0.05) is 44.5 Å². The summed E-state index contributed by atoms with van der Waals surface area (Å²) in [6, 6.07) is 12.0. The van der Waals surface area contributed by atoms with Crippen LogP contribution < -0.4 is 19.9 Å². The molecular formula is C21H29NO3. The third kappa shape index (κ3) is 5.13. The second-order valence-electron chi connectivity index (χ2n) is 7.12. The molecule has 0 spiro atoms. The van der Waals surface area contributed by atoms with Crippen molar-refractivity contribution >= 4 is 0 Å². The molecule has 0 heterocycles. The van der Waals surface area contributed by atoms with Gasteiger partial charge >= 0.3 is 0 Å². The van der Waals surface area contributed by atoms with Gasteiger partial charge < -0.3 is 19.9 Å². The summed E-state index contributed by atoms with van der Waals surface area (Å²) >= 11 is 0. The highest BCUT2D eigenvalue weighted by Crippen LogP contribution is 2.32. The molecule has 0 saturated carbocycles. The van der Waals surface area contributed by atoms with Gasteiger partial charge in [0.1, 0.15) is 30.5 Å². The monoisotopic (exact) mass is 343 g/mol. The lowest BCUT2D eigenvalue weighted by Crippen LogP contribution is -2.16. The van der Waals surface area contributed by atoms with Crippen LogP contribution in [0, 0.1) is 6.92 Å². The topological polar surface area (TPSA) is 53.7 Å². The van der Waals surface area contributed by atoms with Gasteiger partial charge in [-0.25, -0.2) is 0 Å². The molecule has 0 aliphatic carbocycles. The minimum atomic E-state index is 0.0295. The predicted molar refractivity (Wildman–Crippen MR) is 102 cm³/mol. The molecule has 0 unspecified atom stereocenters. The Morgan fingerprint density at radius 3 is 2.20 bits per heavy atom. The molecule has 0 atom stereocenters. The van der Waals surface area contributed by atoms with Crippen LogP contribution in [0.3, 0.4) is 0 Å². The summed E-state index contributed by atoms with van der Waals surface area (Å²) in [5.74, 6) is 2.40. The van der Waals surface area contributed by atoms with Crippen molar-refractivity contribution in [1.82, 2.24) is 0 Å². The zero-order valence-electron chi connectivity index (χ0n) is 15.9. The van der Waals surface area contributed by atoms with E-state index >= 15 is 0 Å². The molecule has 2 aromatic rings. The Morgan fingerprint density at radius 1 is 0.920 bits per heavy atom. The van der Waals surface area contributed by atoms with Crippen LogP contribution in [0.5, 0.6) is 17.2 Å². The number of benzene rings is 2. The fraction of sp³-hybridized carbons (Fsp3) is 0.429. The fourth-order valence-corrected chi connectivity index (χ4v) is 2.62. The van der Waals surface area contributed by atoms with E-state index in [0.717, 1.165) is 22.8 Å². The third-order valence-electron chi connectivity index (χ3n) is 4.04. The Labute approximate surface area is 150 Å². The number of hydrogen-bond donors (Lipinski definition) is 1. The lowest BCUT2D eigenvalue weighted by Gasteiger charge is -2.23. The molecular weight excluding hydrogens is 314 g/mol. The summed E-state index contributed by atoms with van der Waals surface area (Å²) in [7, 11) is 1.63. The van der Waals surface area contributed by atoms with Gasteiger partial charge in [-0.15, -0.1) is 0 Å². The number of hydrogen-bond acceptors (Lipinski definition) is 4. The second-order valence-corrected chi connectivity index (χ2v) is 7.12. The molecule has 2 aromatic carbocycles. The van der Waals surface area contributed by atoms with Gasteiger partial charge in [0.05, 0.1) is 7.11 Å². The average molecular weight is 343 g/mol. The SMILES string of the molecule is COc1ccc(CN)c(OCCOc2ccc(C)cc2C(C)(C)C)c1. The number of ether oxygens (including phenoxy) is 3. The van der Waals surface area contributed by atoms with Crippen molar-refractivity contribution in [3.05, 3.63) is 53.1 Å². The molecule has 0 fully saturated rings. The first-order valence-electron chi connectivity index (χ1n) is 8.59. The Hall–Kier alpha value is -2.20. The lowest BCUT2D eigenvalue weighted by molar-refractivity contribution is 0.212. The maximum atomic E-state index is 5.98. The molecule has 0 amide bonds. The Morgan fingerprint density at radius 2 is 1.60 bits per heavy atom. The summed E-state index contributed by atoms with van der Waals surface area (Å²) in [5.41, 5.74) is 9.19. The summed E-state index contributed by atoms with van der Waals surface area (Å²) in [4.78, 5) is 0. The largest absolute Gasteiger partial charge is 0.497 e. The smallest absolute Gasteiger partial charge is 0.127 e. The quantitative estimate of drug-likeness (QED) is 0.765. The number of nitrogens with two attached hydrogens (primary N) is 1. The van der Waals surface area contributed by atoms with Crippen LogP contribution >= 0.6 is 0 Å². The van der Waals surface area contributed by atoms with E-state index in [9.17, 15) is 0 Å². The molecule has 0 radical (unpaired) electrons. The van der Waals surface area contributed by atoms with Gasteiger partial charge in [0.2, 0.25) is 0 Å². The highest BCUT2D eigenvalue weighted by molar-refractivity contribution is 5.42. The van der Waals surface area contributed by atoms with Crippen molar-refractivity contribution < 1.29 is 14.2 Å². The molecule has 0 aromatic heterocycles. The third-order valence-corrected chi connectivity index (χ3v) is 4.04. The highest BCUT2D eigenvalue weighted by Gasteiger charge is 2.19. The first-order chi connectivity index (χ1) is 11.8. The van der Waals surface area contributed by atoms with Crippen molar-refractivity contribution in [1.29, 1.82) is 0 Å². The van der Waals surface area contributed by atoms with Crippen molar-refractivity contribution in [2.45, 2.75) is 39.7 Å². The number of rotatable bonds is 7. The standard InChI is InChI=1S/C21H29NO3/c1-15-6-9-19(18(12-15)21(2,3)4)24-10-11-25-20-13-17(23-5)8-7-16(20)14-22/h6-9,12-13H,10-11,14,22H2,1-5H3. The van der Waals surface area contributed by atoms with E-state index < -0.39 is 0 Å². The van der Waals surface area contributed by atoms with Gasteiger partial charge in [-0.2, -0.15) is 0 Å². The first-order valence-corrected chi connectivity index (χ1v) is 8.59. The van der Waals surface area contributed by atoms with Crippen LogP contribution in [0.1, 0.15) is 37.5 Å². The van der Waals surface area contributed by atoms with E-state index in [4.69, 9.17) is 19.9 Å². The zero-order valence-corrected chi connectivity index (χ0v) is 15.9. The Bertz CT molecular complexity index is 705. The molecule has 4 heteroatoms. The summed E-state index contributed by atoms with van der Waals surface area (Å²) < 4.78 is 17.1. The van der Waals surface area contributed by atoms with Crippen molar-refractivity contribution in [2.24, 2.45) is 5.73 Å². The van der Waals surface area contributed by atoms with Crippen LogP contribution in [0.4, 0.5) is 0 Å². The van der Waals surface area contributed by atoms with Crippen LogP contribution in [-0.2, 0) is 12.0 Å². The second kappa shape index (κ2) is 8.26. The average Bonchev–Trinajstić information content (AvgIpc) is 2.58. The fourth-order valence-electron chi connectivity index (χ4n) is 2.62.